The SMILES string of the molecule is CCC[C@H]1[C@H](F)[C@@H]1C(=O)N(C)OC. The summed E-state index contributed by atoms with van der Waals surface area (Å²) in [5.41, 5.74) is 0. The Bertz CT molecular complexity index is 198. The molecule has 4 heteroatoms. The molecule has 1 aliphatic rings. The van der Waals surface area contributed by atoms with Crippen molar-refractivity contribution in [2.24, 2.45) is 11.8 Å². The van der Waals surface area contributed by atoms with Crippen LogP contribution in [0.15, 0.2) is 0 Å². The van der Waals surface area contributed by atoms with Crippen molar-refractivity contribution in [3.05, 3.63) is 0 Å². The highest BCUT2D eigenvalue weighted by Gasteiger charge is 2.56. The van der Waals surface area contributed by atoms with Crippen LogP contribution in [0.25, 0.3) is 0 Å². The molecule has 3 atom stereocenters. The fourth-order valence-corrected chi connectivity index (χ4v) is 1.62. The predicted molar refractivity (Wildman–Crippen MR) is 46.6 cm³/mol. The number of alkyl halides is 1. The minimum atomic E-state index is -0.954. The van der Waals surface area contributed by atoms with Gasteiger partial charge in [0.05, 0.1) is 13.0 Å². The molecule has 0 radical (unpaired) electrons. The second-order valence-corrected chi connectivity index (χ2v) is 3.44. The van der Waals surface area contributed by atoms with Gasteiger partial charge < -0.3 is 0 Å². The van der Waals surface area contributed by atoms with Gasteiger partial charge in [-0.25, -0.2) is 9.45 Å². The third kappa shape index (κ3) is 1.99. The van der Waals surface area contributed by atoms with E-state index in [1.165, 1.54) is 14.2 Å². The van der Waals surface area contributed by atoms with Gasteiger partial charge in [-0.1, -0.05) is 13.3 Å². The van der Waals surface area contributed by atoms with E-state index in [-0.39, 0.29) is 11.8 Å². The van der Waals surface area contributed by atoms with E-state index in [1.54, 1.807) is 0 Å². The second kappa shape index (κ2) is 4.05. The van der Waals surface area contributed by atoms with Gasteiger partial charge in [-0.05, 0) is 6.42 Å². The minimum Gasteiger partial charge on any atom is -0.275 e. The molecule has 0 unspecified atom stereocenters. The van der Waals surface area contributed by atoms with Crippen LogP contribution in [0.1, 0.15) is 19.8 Å². The summed E-state index contributed by atoms with van der Waals surface area (Å²) >= 11 is 0. The maximum Gasteiger partial charge on any atom is 0.252 e. The van der Waals surface area contributed by atoms with Crippen molar-refractivity contribution in [2.45, 2.75) is 25.9 Å². The normalized spacial score (nSPS) is 31.5. The maximum atomic E-state index is 13.1. The summed E-state index contributed by atoms with van der Waals surface area (Å²) in [7, 11) is 2.92. The first-order valence-electron chi connectivity index (χ1n) is 4.59. The highest BCUT2D eigenvalue weighted by Crippen LogP contribution is 2.46. The molecule has 0 aromatic heterocycles. The van der Waals surface area contributed by atoms with Crippen LogP contribution in [-0.2, 0) is 9.63 Å². The quantitative estimate of drug-likeness (QED) is 0.625. The average Bonchev–Trinajstić information content (AvgIpc) is 2.75. The molecule has 1 saturated carbocycles. The molecule has 1 fully saturated rings. The Balaban J connectivity index is 2.42. The van der Waals surface area contributed by atoms with Gasteiger partial charge in [0, 0.05) is 13.0 Å². The molecule has 13 heavy (non-hydrogen) atoms. The van der Waals surface area contributed by atoms with Crippen LogP contribution in [0.4, 0.5) is 4.39 Å². The summed E-state index contributed by atoms with van der Waals surface area (Å²) in [4.78, 5) is 16.1. The molecule has 3 nitrogen and oxygen atoms in total. The molecule has 1 amide bonds. The lowest BCUT2D eigenvalue weighted by Gasteiger charge is -2.12. The van der Waals surface area contributed by atoms with Crippen molar-refractivity contribution < 1.29 is 14.0 Å². The Hall–Kier alpha value is -0.640. The monoisotopic (exact) mass is 189 g/mol. The number of amides is 1. The molecule has 1 aliphatic carbocycles. The Labute approximate surface area is 77.8 Å². The van der Waals surface area contributed by atoms with E-state index < -0.39 is 12.1 Å². The molecule has 76 valence electrons. The average molecular weight is 189 g/mol. The zero-order valence-electron chi connectivity index (χ0n) is 8.29. The van der Waals surface area contributed by atoms with Gasteiger partial charge in [0.1, 0.15) is 6.17 Å². The number of rotatable bonds is 4. The number of carbonyl (C=O) groups excluding carboxylic acids is 1. The van der Waals surface area contributed by atoms with Gasteiger partial charge >= 0.3 is 0 Å². The summed E-state index contributed by atoms with van der Waals surface area (Å²) in [6.45, 7) is 1.99. The van der Waals surface area contributed by atoms with Crippen LogP contribution in [0.3, 0.4) is 0 Å². The smallest absolute Gasteiger partial charge is 0.252 e. The fourth-order valence-electron chi connectivity index (χ4n) is 1.62. The Kier molecular flexibility index (Phi) is 3.25. The molecule has 0 N–H and O–H groups in total. The Morgan fingerprint density at radius 2 is 2.23 bits per heavy atom. The summed E-state index contributed by atoms with van der Waals surface area (Å²) in [5.74, 6) is -0.770. The lowest BCUT2D eigenvalue weighted by Crippen LogP contribution is -2.28. The first-order chi connectivity index (χ1) is 6.13. The number of hydrogen-bond acceptors (Lipinski definition) is 2. The largest absolute Gasteiger partial charge is 0.275 e. The van der Waals surface area contributed by atoms with Crippen molar-refractivity contribution in [3.8, 4) is 0 Å². The molecule has 0 saturated heterocycles. The van der Waals surface area contributed by atoms with Crippen LogP contribution in [0.2, 0.25) is 0 Å². The van der Waals surface area contributed by atoms with Crippen LogP contribution in [-0.4, -0.2) is 31.3 Å². The highest BCUT2D eigenvalue weighted by molar-refractivity contribution is 5.81. The minimum absolute atomic E-state index is 0.0740. The van der Waals surface area contributed by atoms with Crippen molar-refractivity contribution in [2.75, 3.05) is 14.2 Å². The van der Waals surface area contributed by atoms with Crippen molar-refractivity contribution in [1.29, 1.82) is 0 Å². The zero-order chi connectivity index (χ0) is 10.0. The topological polar surface area (TPSA) is 29.5 Å². The van der Waals surface area contributed by atoms with Crippen LogP contribution >= 0.6 is 0 Å². The first kappa shape index (κ1) is 10.4. The molecule has 0 aliphatic heterocycles. The molecule has 0 bridgehead atoms. The third-order valence-corrected chi connectivity index (χ3v) is 2.56. The van der Waals surface area contributed by atoms with E-state index in [0.29, 0.717) is 0 Å². The van der Waals surface area contributed by atoms with Crippen LogP contribution in [0, 0.1) is 11.8 Å². The molecular formula is C9H16FNO2. The van der Waals surface area contributed by atoms with Crippen LogP contribution in [0.5, 0.6) is 0 Å². The first-order valence-corrected chi connectivity index (χ1v) is 4.59. The summed E-state index contributed by atoms with van der Waals surface area (Å²) in [5, 5.41) is 1.10. The third-order valence-electron chi connectivity index (χ3n) is 2.56. The molecule has 0 aromatic rings. The fraction of sp³-hybridized carbons (Fsp3) is 0.889. The van der Waals surface area contributed by atoms with Gasteiger partial charge in [-0.2, -0.15) is 0 Å². The Morgan fingerprint density at radius 3 is 2.69 bits per heavy atom. The lowest BCUT2D eigenvalue weighted by molar-refractivity contribution is -0.170. The van der Waals surface area contributed by atoms with E-state index in [1.807, 2.05) is 6.92 Å². The Morgan fingerprint density at radius 1 is 1.62 bits per heavy atom. The summed E-state index contributed by atoms with van der Waals surface area (Å²) in [6.07, 6.45) is 0.755. The summed E-state index contributed by atoms with van der Waals surface area (Å²) < 4.78 is 13.1. The molecule has 0 aromatic carbocycles. The van der Waals surface area contributed by atoms with E-state index in [9.17, 15) is 9.18 Å². The van der Waals surface area contributed by atoms with Crippen molar-refractivity contribution in [1.82, 2.24) is 5.06 Å². The van der Waals surface area contributed by atoms with Crippen molar-refractivity contribution in [3.63, 3.8) is 0 Å². The van der Waals surface area contributed by atoms with E-state index in [2.05, 4.69) is 0 Å². The highest BCUT2D eigenvalue weighted by atomic mass is 19.1. The molecule has 0 spiro atoms. The maximum absolute atomic E-state index is 13.1. The second-order valence-electron chi connectivity index (χ2n) is 3.44. The number of halogens is 1. The standard InChI is InChI=1S/C9H16FNO2/c1-4-5-6-7(8(6)10)9(12)11(2)13-3/h6-8H,4-5H2,1-3H3/t6-,7-,8+/m1/s1. The van der Waals surface area contributed by atoms with Crippen molar-refractivity contribution >= 4 is 5.91 Å². The molecular weight excluding hydrogens is 173 g/mol. The van der Waals surface area contributed by atoms with E-state index in [4.69, 9.17) is 4.84 Å². The van der Waals surface area contributed by atoms with Crippen LogP contribution < -0.4 is 0 Å². The predicted octanol–water partition coefficient (Wildman–Crippen LogP) is 1.39. The number of carbonyl (C=O) groups is 1. The van der Waals surface area contributed by atoms with Gasteiger partial charge in [-0.15, -0.1) is 0 Å². The van der Waals surface area contributed by atoms with E-state index in [0.717, 1.165) is 17.9 Å². The number of nitrogens with zero attached hydrogens (tertiary/aromatic N) is 1. The zero-order valence-corrected chi connectivity index (χ0v) is 8.29. The van der Waals surface area contributed by atoms with Gasteiger partial charge in [0.25, 0.3) is 5.91 Å². The number of hydrogen-bond donors (Lipinski definition) is 0. The van der Waals surface area contributed by atoms with Gasteiger partial charge in [-0.3, -0.25) is 9.63 Å². The molecule has 1 rings (SSSR count). The lowest BCUT2D eigenvalue weighted by atomic mass is 10.2. The molecule has 0 heterocycles. The number of hydroxylamine groups is 2. The van der Waals surface area contributed by atoms with Gasteiger partial charge in [0.2, 0.25) is 0 Å². The summed E-state index contributed by atoms with van der Waals surface area (Å²) in [6, 6.07) is 0. The van der Waals surface area contributed by atoms with Gasteiger partial charge in [0.15, 0.2) is 0 Å². The van der Waals surface area contributed by atoms with E-state index >= 15 is 0 Å².